The lowest BCUT2D eigenvalue weighted by atomic mass is 9.93. The van der Waals surface area contributed by atoms with E-state index in [0.717, 1.165) is 55.0 Å². The number of likely N-dealkylation sites (N-methyl/N-ethyl adjacent to an activating group) is 1. The first-order valence-electron chi connectivity index (χ1n) is 21.0. The van der Waals surface area contributed by atoms with Gasteiger partial charge >= 0.3 is 5.97 Å². The molecule has 4 aromatic heterocycles. The molecule has 0 bridgehead atoms. The number of halogens is 1. The molecule has 1 aliphatic heterocycles. The molecule has 330 valence electrons. The second kappa shape index (κ2) is 20.4. The van der Waals surface area contributed by atoms with Crippen LogP contribution in [-0.4, -0.2) is 111 Å². The number of aromatic nitrogens is 5. The number of carboxylic acid groups (broad SMARTS) is 1. The molecule has 1 N–H and O–H groups in total. The molecule has 1 fully saturated rings. The van der Waals surface area contributed by atoms with E-state index in [1.807, 2.05) is 80.6 Å². The zero-order valence-electron chi connectivity index (χ0n) is 36.0. The maximum absolute atomic E-state index is 13.1. The van der Waals surface area contributed by atoms with Gasteiger partial charge in [0.05, 0.1) is 45.8 Å². The van der Waals surface area contributed by atoms with Crippen molar-refractivity contribution in [1.82, 2.24) is 34.1 Å². The third kappa shape index (κ3) is 10.0. The van der Waals surface area contributed by atoms with E-state index in [9.17, 15) is 9.90 Å². The van der Waals surface area contributed by atoms with Crippen molar-refractivity contribution in [2.24, 2.45) is 0 Å². The Kier molecular flexibility index (Phi) is 14.1. The quantitative estimate of drug-likeness (QED) is 0.0875. The van der Waals surface area contributed by atoms with E-state index < -0.39 is 12.1 Å². The van der Waals surface area contributed by atoms with Crippen LogP contribution < -0.4 is 23.7 Å². The average molecular weight is 902 g/mol. The fourth-order valence-electron chi connectivity index (χ4n) is 7.57. The molecule has 0 amide bonds. The van der Waals surface area contributed by atoms with Crippen LogP contribution in [0.25, 0.3) is 43.9 Å². The van der Waals surface area contributed by atoms with Crippen LogP contribution in [0.2, 0.25) is 5.02 Å². The fourth-order valence-corrected chi connectivity index (χ4v) is 8.49. The largest absolute Gasteiger partial charge is 0.496 e. The van der Waals surface area contributed by atoms with Gasteiger partial charge in [0.25, 0.3) is 0 Å². The highest BCUT2D eigenvalue weighted by molar-refractivity contribution is 7.13. The van der Waals surface area contributed by atoms with Crippen LogP contribution in [0, 0.1) is 6.92 Å². The minimum Gasteiger partial charge on any atom is -0.496 e. The smallest absolute Gasteiger partial charge is 0.345 e. The van der Waals surface area contributed by atoms with Gasteiger partial charge in [-0.1, -0.05) is 48.0 Å². The van der Waals surface area contributed by atoms with Crippen LogP contribution in [0.1, 0.15) is 23.7 Å². The van der Waals surface area contributed by atoms with Gasteiger partial charge in [-0.3, -0.25) is 9.88 Å². The zero-order valence-corrected chi connectivity index (χ0v) is 37.6. The third-order valence-electron chi connectivity index (χ3n) is 11.0. The lowest BCUT2D eigenvalue weighted by Crippen LogP contribution is -2.45. The number of ether oxygens (including phenoxy) is 5. The number of para-hydroxylation sites is 2. The molecule has 8 rings (SSSR count). The highest BCUT2D eigenvalue weighted by Gasteiger charge is 2.28. The SMILES string of the molecule is CCOc1cc(-c2ncc3snc(OC(Cc4ccccc4OCc4ccnc(-c5ccccc5OC)n4)C(=O)O)c3c2-c2ccc(OCCN3CCN(C)CC3)c(Cl)c2C)ccn1. The Morgan fingerprint density at radius 3 is 2.47 bits per heavy atom. The molecule has 14 nitrogen and oxygen atoms in total. The number of methoxy groups -OCH3 is 1. The summed E-state index contributed by atoms with van der Waals surface area (Å²) in [5, 5.41) is 11.7. The minimum atomic E-state index is -1.35. The summed E-state index contributed by atoms with van der Waals surface area (Å²) < 4.78 is 35.7. The van der Waals surface area contributed by atoms with E-state index in [2.05, 4.69) is 31.2 Å². The van der Waals surface area contributed by atoms with Gasteiger partial charge in [0.1, 0.15) is 30.5 Å². The number of benzene rings is 3. The van der Waals surface area contributed by atoms with E-state index in [1.54, 1.807) is 37.8 Å². The van der Waals surface area contributed by atoms with Crippen molar-refractivity contribution < 1.29 is 33.6 Å². The van der Waals surface area contributed by atoms with Crippen molar-refractivity contribution in [1.29, 1.82) is 0 Å². The Morgan fingerprint density at radius 2 is 1.67 bits per heavy atom. The molecule has 1 atom stereocenters. The number of aliphatic carboxylic acids is 1. The van der Waals surface area contributed by atoms with Gasteiger partial charge < -0.3 is 33.7 Å². The summed E-state index contributed by atoms with van der Waals surface area (Å²) in [5.41, 5.74) is 5.51. The number of hydrogen-bond donors (Lipinski definition) is 1. The lowest BCUT2D eigenvalue weighted by molar-refractivity contribution is -0.145. The number of carboxylic acids is 1. The van der Waals surface area contributed by atoms with Crippen molar-refractivity contribution in [2.75, 3.05) is 60.1 Å². The van der Waals surface area contributed by atoms with Crippen LogP contribution in [0.3, 0.4) is 0 Å². The molecule has 0 radical (unpaired) electrons. The summed E-state index contributed by atoms with van der Waals surface area (Å²) in [7, 11) is 3.74. The minimum absolute atomic E-state index is 0.0267. The van der Waals surface area contributed by atoms with Crippen LogP contribution in [0.15, 0.2) is 97.5 Å². The lowest BCUT2D eigenvalue weighted by Gasteiger charge is -2.32. The predicted octanol–water partition coefficient (Wildman–Crippen LogP) is 8.53. The average Bonchev–Trinajstić information content (AvgIpc) is 3.73. The molecule has 7 aromatic rings. The monoisotopic (exact) mass is 901 g/mol. The maximum atomic E-state index is 13.1. The molecule has 1 aliphatic rings. The Labute approximate surface area is 380 Å². The van der Waals surface area contributed by atoms with Gasteiger partial charge in [-0.15, -0.1) is 0 Å². The first kappa shape index (κ1) is 44.2. The van der Waals surface area contributed by atoms with Gasteiger partial charge in [0.15, 0.2) is 5.82 Å². The predicted molar refractivity (Wildman–Crippen MR) is 247 cm³/mol. The molecule has 16 heteroatoms. The molecule has 0 saturated carbocycles. The van der Waals surface area contributed by atoms with Gasteiger partial charge in [-0.2, -0.15) is 4.37 Å². The topological polar surface area (TPSA) is 154 Å². The van der Waals surface area contributed by atoms with Crippen LogP contribution in [0.5, 0.6) is 29.0 Å². The second-order valence-electron chi connectivity index (χ2n) is 15.2. The van der Waals surface area contributed by atoms with Gasteiger partial charge in [0.2, 0.25) is 17.9 Å². The Hall–Kier alpha value is -6.39. The molecule has 0 spiro atoms. The van der Waals surface area contributed by atoms with Crippen molar-refractivity contribution in [2.45, 2.75) is 33.0 Å². The number of nitrogens with zero attached hydrogens (tertiary/aromatic N) is 7. The summed E-state index contributed by atoms with van der Waals surface area (Å²) in [6.07, 6.45) is 3.68. The van der Waals surface area contributed by atoms with Crippen LogP contribution in [0.4, 0.5) is 0 Å². The zero-order chi connectivity index (χ0) is 44.6. The van der Waals surface area contributed by atoms with Gasteiger partial charge in [-0.25, -0.2) is 19.7 Å². The van der Waals surface area contributed by atoms with Crippen LogP contribution >= 0.6 is 23.1 Å². The summed E-state index contributed by atoms with van der Waals surface area (Å²) in [4.78, 5) is 36.3. The highest BCUT2D eigenvalue weighted by atomic mass is 35.5. The molecule has 5 heterocycles. The number of fused-ring (bicyclic) bond motifs is 1. The van der Waals surface area contributed by atoms with Crippen molar-refractivity contribution >= 4 is 39.2 Å². The van der Waals surface area contributed by atoms with Gasteiger partial charge in [0, 0.05) is 74.9 Å². The van der Waals surface area contributed by atoms with E-state index in [1.165, 1.54) is 11.5 Å². The molecule has 1 saturated heterocycles. The summed E-state index contributed by atoms with van der Waals surface area (Å²) in [6.45, 7) is 9.68. The number of rotatable bonds is 18. The highest BCUT2D eigenvalue weighted by Crippen LogP contribution is 2.46. The Morgan fingerprint density at radius 1 is 0.891 bits per heavy atom. The summed E-state index contributed by atoms with van der Waals surface area (Å²) in [5.74, 6) is 1.63. The summed E-state index contributed by atoms with van der Waals surface area (Å²) in [6, 6.07) is 24.1. The maximum Gasteiger partial charge on any atom is 0.345 e. The standard InChI is InChI=1S/C48H48ClN7O7S/c1-5-60-41-27-32(16-18-50-41)45-42(34-14-15-38(44(49)30(34)2)61-25-24-56-22-20-55(3)21-23-56)43-40(28-52-45)64-54-47(43)63-39(48(57)58)26-31-10-6-8-12-36(31)62-29-33-17-19-51-46(53-33)35-11-7-9-13-37(35)59-4/h6-19,27-28,39H,5,20-26,29H2,1-4H3,(H,57,58). The molecule has 3 aromatic carbocycles. The number of pyridine rings is 2. The van der Waals surface area contributed by atoms with E-state index >= 15 is 0 Å². The van der Waals surface area contributed by atoms with E-state index in [0.29, 0.717) is 79.8 Å². The normalized spacial score (nSPS) is 13.7. The number of carbonyl (C=O) groups is 1. The van der Waals surface area contributed by atoms with E-state index in [4.69, 9.17) is 45.3 Å². The molecular weight excluding hydrogens is 854 g/mol. The van der Waals surface area contributed by atoms with Crippen LogP contribution in [-0.2, 0) is 17.8 Å². The summed E-state index contributed by atoms with van der Waals surface area (Å²) >= 11 is 8.29. The molecule has 0 aliphatic carbocycles. The number of hydrogen-bond acceptors (Lipinski definition) is 14. The fraction of sp³-hybridized carbons (Fsp3) is 0.292. The molecule has 64 heavy (non-hydrogen) atoms. The Bertz CT molecular complexity index is 2750. The first-order chi connectivity index (χ1) is 31.2. The molecule has 1 unspecified atom stereocenters. The van der Waals surface area contributed by atoms with Crippen molar-refractivity contribution in [3.8, 4) is 62.8 Å². The van der Waals surface area contributed by atoms with Crippen molar-refractivity contribution in [3.05, 3.63) is 119 Å². The van der Waals surface area contributed by atoms with Gasteiger partial charge in [-0.05, 0) is 85.5 Å². The Balaban J connectivity index is 1.10. The van der Waals surface area contributed by atoms with Crippen molar-refractivity contribution in [3.63, 3.8) is 0 Å². The number of piperazine rings is 1. The first-order valence-corrected chi connectivity index (χ1v) is 22.1. The molecular formula is C48H48ClN7O7S. The third-order valence-corrected chi connectivity index (χ3v) is 12.2. The van der Waals surface area contributed by atoms with E-state index in [-0.39, 0.29) is 18.9 Å². The second-order valence-corrected chi connectivity index (χ2v) is 16.4.